The zero-order chi connectivity index (χ0) is 11.5. The third-order valence-corrected chi connectivity index (χ3v) is 3.16. The maximum Gasteiger partial charge on any atom is 0.168 e. The number of carbonyl (C=O) groups is 1. The van der Waals surface area contributed by atoms with E-state index in [2.05, 4.69) is 0 Å². The van der Waals surface area contributed by atoms with Gasteiger partial charge in [0.15, 0.2) is 5.78 Å². The highest BCUT2D eigenvalue weighted by molar-refractivity contribution is 7.10. The van der Waals surface area contributed by atoms with Gasteiger partial charge in [-0.1, -0.05) is 6.07 Å². The molecule has 3 heteroatoms. The van der Waals surface area contributed by atoms with Gasteiger partial charge in [-0.2, -0.15) is 0 Å². The maximum atomic E-state index is 13.1. The summed E-state index contributed by atoms with van der Waals surface area (Å²) in [7, 11) is 0. The van der Waals surface area contributed by atoms with Crippen molar-refractivity contribution in [1.29, 1.82) is 0 Å². The summed E-state index contributed by atoms with van der Waals surface area (Å²) < 4.78 is 13.1. The van der Waals surface area contributed by atoms with E-state index in [4.69, 9.17) is 0 Å². The van der Waals surface area contributed by atoms with Crippen LogP contribution >= 0.6 is 11.3 Å². The van der Waals surface area contributed by atoms with Crippen LogP contribution in [0, 0.1) is 12.7 Å². The Balaban J connectivity index is 2.21. The molecule has 0 saturated heterocycles. The van der Waals surface area contributed by atoms with E-state index >= 15 is 0 Å². The number of carbonyl (C=O) groups excluding carboxylic acids is 1. The molecule has 0 aliphatic rings. The van der Waals surface area contributed by atoms with Crippen LogP contribution in [0.3, 0.4) is 0 Å². The van der Waals surface area contributed by atoms with Gasteiger partial charge in [0.1, 0.15) is 5.82 Å². The number of benzene rings is 1. The zero-order valence-electron chi connectivity index (χ0n) is 8.87. The van der Waals surface area contributed by atoms with Gasteiger partial charge >= 0.3 is 0 Å². The number of Topliss-reactive ketones (excluding diaryl/α,β-unsaturated/α-hetero) is 1. The Morgan fingerprint density at radius 3 is 2.81 bits per heavy atom. The average Bonchev–Trinajstić information content (AvgIpc) is 2.68. The Hall–Kier alpha value is -1.48. The second kappa shape index (κ2) is 4.58. The van der Waals surface area contributed by atoms with Crippen molar-refractivity contribution in [1.82, 2.24) is 0 Å². The van der Waals surface area contributed by atoms with Crippen LogP contribution in [0.4, 0.5) is 4.39 Å². The summed E-state index contributed by atoms with van der Waals surface area (Å²) in [5.41, 5.74) is 1.22. The van der Waals surface area contributed by atoms with Gasteiger partial charge in [-0.15, -0.1) is 11.3 Å². The summed E-state index contributed by atoms with van der Waals surface area (Å²) in [5, 5.41) is 1.93. The Labute approximate surface area is 97.6 Å². The number of halogens is 1. The van der Waals surface area contributed by atoms with Gasteiger partial charge < -0.3 is 0 Å². The van der Waals surface area contributed by atoms with Crippen molar-refractivity contribution in [2.24, 2.45) is 0 Å². The third kappa shape index (κ3) is 2.55. The van der Waals surface area contributed by atoms with Crippen LogP contribution in [-0.2, 0) is 6.42 Å². The van der Waals surface area contributed by atoms with Gasteiger partial charge in [0.05, 0.1) is 0 Å². The summed E-state index contributed by atoms with van der Waals surface area (Å²) in [6, 6.07) is 8.25. The molecule has 0 aliphatic carbocycles. The first-order valence-corrected chi connectivity index (χ1v) is 5.86. The van der Waals surface area contributed by atoms with Crippen LogP contribution in [0.5, 0.6) is 0 Å². The minimum Gasteiger partial charge on any atom is -0.294 e. The van der Waals surface area contributed by atoms with E-state index < -0.39 is 0 Å². The summed E-state index contributed by atoms with van der Waals surface area (Å²) in [5.74, 6) is -0.389. The second-order valence-corrected chi connectivity index (χ2v) is 4.73. The van der Waals surface area contributed by atoms with E-state index in [0.717, 1.165) is 10.4 Å². The van der Waals surface area contributed by atoms with Crippen molar-refractivity contribution >= 4 is 17.1 Å². The number of ketones is 1. The number of rotatable bonds is 3. The van der Waals surface area contributed by atoms with E-state index in [1.165, 1.54) is 23.5 Å². The van der Waals surface area contributed by atoms with Crippen molar-refractivity contribution in [2.75, 3.05) is 0 Å². The van der Waals surface area contributed by atoms with E-state index in [1.807, 2.05) is 17.5 Å². The topological polar surface area (TPSA) is 17.1 Å². The molecule has 1 heterocycles. The standard InChI is InChI=1S/C13H11FOS/c1-9-5-10(7-11(14)6-9)13(15)8-12-3-2-4-16-12/h2-7H,8H2,1H3. The fourth-order valence-electron chi connectivity index (χ4n) is 1.57. The van der Waals surface area contributed by atoms with Gasteiger partial charge in [0.2, 0.25) is 0 Å². The number of hydrogen-bond donors (Lipinski definition) is 0. The first-order valence-electron chi connectivity index (χ1n) is 4.98. The highest BCUT2D eigenvalue weighted by atomic mass is 32.1. The lowest BCUT2D eigenvalue weighted by Crippen LogP contribution is -2.03. The van der Waals surface area contributed by atoms with Gasteiger partial charge in [0.25, 0.3) is 0 Å². The predicted molar refractivity (Wildman–Crippen MR) is 63.5 cm³/mol. The predicted octanol–water partition coefficient (Wildman–Crippen LogP) is 3.62. The lowest BCUT2D eigenvalue weighted by molar-refractivity contribution is 0.0993. The quantitative estimate of drug-likeness (QED) is 0.741. The molecule has 0 fully saturated rings. The molecule has 0 atom stereocenters. The number of thiophene rings is 1. The van der Waals surface area contributed by atoms with E-state index in [9.17, 15) is 9.18 Å². The van der Waals surface area contributed by atoms with Crippen molar-refractivity contribution in [2.45, 2.75) is 13.3 Å². The first kappa shape index (κ1) is 11.0. The largest absolute Gasteiger partial charge is 0.294 e. The minimum atomic E-state index is -0.352. The molecule has 1 nitrogen and oxygen atoms in total. The molecule has 1 aromatic carbocycles. The molecule has 0 N–H and O–H groups in total. The van der Waals surface area contributed by atoms with E-state index in [1.54, 1.807) is 13.0 Å². The van der Waals surface area contributed by atoms with Gasteiger partial charge in [-0.05, 0) is 42.1 Å². The fourth-order valence-corrected chi connectivity index (χ4v) is 2.27. The Morgan fingerprint density at radius 1 is 1.38 bits per heavy atom. The first-order chi connectivity index (χ1) is 7.65. The molecule has 2 rings (SSSR count). The number of aryl methyl sites for hydroxylation is 1. The molecule has 0 saturated carbocycles. The minimum absolute atomic E-state index is 0.0370. The van der Waals surface area contributed by atoms with Crippen molar-refractivity contribution in [3.05, 3.63) is 57.5 Å². The monoisotopic (exact) mass is 234 g/mol. The van der Waals surface area contributed by atoms with Crippen molar-refractivity contribution in [3.63, 3.8) is 0 Å². The summed E-state index contributed by atoms with van der Waals surface area (Å²) >= 11 is 1.54. The smallest absolute Gasteiger partial charge is 0.168 e. The summed E-state index contributed by atoms with van der Waals surface area (Å²) in [4.78, 5) is 12.9. The fraction of sp³-hybridized carbons (Fsp3) is 0.154. The molecular formula is C13H11FOS. The maximum absolute atomic E-state index is 13.1. The molecule has 0 unspecified atom stereocenters. The van der Waals surface area contributed by atoms with Gasteiger partial charge in [-0.3, -0.25) is 4.79 Å². The third-order valence-electron chi connectivity index (χ3n) is 2.28. The molecule has 0 spiro atoms. The molecule has 1 aromatic heterocycles. The average molecular weight is 234 g/mol. The van der Waals surface area contributed by atoms with Crippen molar-refractivity contribution in [3.8, 4) is 0 Å². The highest BCUT2D eigenvalue weighted by Gasteiger charge is 2.09. The molecule has 0 radical (unpaired) electrons. The molecule has 82 valence electrons. The normalized spacial score (nSPS) is 10.4. The summed E-state index contributed by atoms with van der Waals surface area (Å²) in [6.07, 6.45) is 0.348. The molecule has 0 bridgehead atoms. The summed E-state index contributed by atoms with van der Waals surface area (Å²) in [6.45, 7) is 1.78. The van der Waals surface area contributed by atoms with Gasteiger partial charge in [-0.25, -0.2) is 4.39 Å². The van der Waals surface area contributed by atoms with Crippen LogP contribution in [0.25, 0.3) is 0 Å². The van der Waals surface area contributed by atoms with Gasteiger partial charge in [0, 0.05) is 16.9 Å². The molecule has 0 aliphatic heterocycles. The molecular weight excluding hydrogens is 223 g/mol. The lowest BCUT2D eigenvalue weighted by atomic mass is 10.0. The molecule has 0 amide bonds. The van der Waals surface area contributed by atoms with E-state index in [-0.39, 0.29) is 11.6 Å². The zero-order valence-corrected chi connectivity index (χ0v) is 9.68. The van der Waals surface area contributed by atoms with Crippen LogP contribution in [0.2, 0.25) is 0 Å². The molecule has 2 aromatic rings. The lowest BCUT2D eigenvalue weighted by Gasteiger charge is -2.01. The van der Waals surface area contributed by atoms with Crippen molar-refractivity contribution < 1.29 is 9.18 Å². The van der Waals surface area contributed by atoms with Crippen LogP contribution in [-0.4, -0.2) is 5.78 Å². The SMILES string of the molecule is Cc1cc(F)cc(C(=O)Cc2cccs2)c1. The second-order valence-electron chi connectivity index (χ2n) is 3.70. The van der Waals surface area contributed by atoms with Crippen LogP contribution in [0.15, 0.2) is 35.7 Å². The highest BCUT2D eigenvalue weighted by Crippen LogP contribution is 2.15. The van der Waals surface area contributed by atoms with Crippen LogP contribution in [0.1, 0.15) is 20.8 Å². The molecule has 16 heavy (non-hydrogen) atoms. The van der Waals surface area contributed by atoms with Crippen LogP contribution < -0.4 is 0 Å². The Bertz CT molecular complexity index is 482. The number of hydrogen-bond acceptors (Lipinski definition) is 2. The Kier molecular flexibility index (Phi) is 3.15. The Morgan fingerprint density at radius 2 is 2.19 bits per heavy atom. The van der Waals surface area contributed by atoms with E-state index in [0.29, 0.717) is 12.0 Å².